The Morgan fingerprint density at radius 2 is 0.694 bits per heavy atom. The van der Waals surface area contributed by atoms with Gasteiger partial charge in [0.2, 0.25) is 5.95 Å². The number of hydrogen-bond acceptors (Lipinski definition) is 24. The van der Waals surface area contributed by atoms with E-state index in [-0.39, 0.29) is 66.4 Å². The molecule has 4 aliphatic heterocycles. The Bertz CT molecular complexity index is 8300. The summed E-state index contributed by atoms with van der Waals surface area (Å²) < 4.78 is 107. The summed E-state index contributed by atoms with van der Waals surface area (Å²) in [4.78, 5) is 106. The lowest BCUT2D eigenvalue weighted by Gasteiger charge is -2.29. The van der Waals surface area contributed by atoms with Gasteiger partial charge in [-0.15, -0.1) is 0 Å². The molecule has 0 radical (unpaired) electrons. The molecule has 0 aliphatic carbocycles. The number of hydrogen-bond donors (Lipinski definition) is 4. The molecule has 34 heteroatoms. The van der Waals surface area contributed by atoms with Crippen molar-refractivity contribution in [3.8, 4) is 33.8 Å². The predicted octanol–water partition coefficient (Wildman–Crippen LogP) is 16.6. The van der Waals surface area contributed by atoms with E-state index in [1.807, 2.05) is 152 Å². The molecular weight excluding hydrogens is 1850 g/mol. The van der Waals surface area contributed by atoms with Gasteiger partial charge < -0.3 is 39.4 Å². The Morgan fingerprint density at radius 1 is 0.347 bits per heavy atom. The second kappa shape index (κ2) is 41.3. The van der Waals surface area contributed by atoms with Gasteiger partial charge in [0, 0.05) is 115 Å². The molecule has 23 rings (SSSR count). The van der Waals surface area contributed by atoms with Crippen molar-refractivity contribution >= 4 is 86.7 Å². The molecule has 4 N–H and O–H groups in total. The van der Waals surface area contributed by atoms with E-state index >= 15 is 0 Å². The van der Waals surface area contributed by atoms with Crippen molar-refractivity contribution in [2.45, 2.75) is 126 Å². The van der Waals surface area contributed by atoms with Gasteiger partial charge >= 0.3 is 6.18 Å². The second-order valence-electron chi connectivity index (χ2n) is 36.4. The minimum absolute atomic E-state index is 0.148. The molecule has 8 aromatic carbocycles. The van der Waals surface area contributed by atoms with Crippen LogP contribution in [0.5, 0.6) is 0 Å². The second-order valence-corrected chi connectivity index (χ2v) is 36.4. The summed E-state index contributed by atoms with van der Waals surface area (Å²) in [6.07, 6.45) is 15.5. The van der Waals surface area contributed by atoms with Gasteiger partial charge in [-0.3, -0.25) is 62.4 Å². The third kappa shape index (κ3) is 20.1. The third-order valence-corrected chi connectivity index (χ3v) is 26.9. The summed E-state index contributed by atoms with van der Waals surface area (Å²) in [6, 6.07) is 57.3. The number of halogens is 6. The molecule has 0 unspecified atom stereocenters. The molecule has 4 saturated heterocycles. The Morgan fingerprint density at radius 3 is 1.02 bits per heavy atom. The van der Waals surface area contributed by atoms with Crippen LogP contribution in [0.2, 0.25) is 0 Å². The topological polar surface area (TPSA) is 361 Å². The highest BCUT2D eigenvalue weighted by atomic mass is 19.4. The summed E-state index contributed by atoms with van der Waals surface area (Å²) in [6.45, 7) is 5.24. The Balaban J connectivity index is 0.000000117. The Labute approximate surface area is 816 Å². The van der Waals surface area contributed by atoms with Crippen molar-refractivity contribution in [2.75, 3.05) is 52.9 Å². The lowest BCUT2D eigenvalue weighted by molar-refractivity contribution is -0.141. The van der Waals surface area contributed by atoms with Crippen LogP contribution in [0.4, 0.5) is 26.3 Å². The van der Waals surface area contributed by atoms with E-state index < -0.39 is 60.2 Å². The van der Waals surface area contributed by atoms with Crippen molar-refractivity contribution < 1.29 is 65.7 Å². The number of alkyl halides is 5. The zero-order valence-electron chi connectivity index (χ0n) is 77.8. The highest BCUT2D eigenvalue weighted by molar-refractivity contribution is 6.10. The number of fused-ring (bicyclic) bond motifs is 12. The fraction of sp³-hybridized carbons (Fsp3) is 0.255. The van der Waals surface area contributed by atoms with Gasteiger partial charge in [-0.1, -0.05) is 115 Å². The van der Waals surface area contributed by atoms with Crippen LogP contribution in [-0.4, -0.2) is 176 Å². The van der Waals surface area contributed by atoms with Gasteiger partial charge in [-0.25, -0.2) is 34.9 Å². The monoisotopic (exact) mass is 1940 g/mol. The maximum absolute atomic E-state index is 14.5. The number of aliphatic hydroxyl groups is 4. The van der Waals surface area contributed by atoms with Gasteiger partial charge in [0.1, 0.15) is 17.7 Å². The molecule has 0 amide bonds. The van der Waals surface area contributed by atoms with Crippen molar-refractivity contribution in [1.29, 1.82) is 0 Å². The minimum Gasteiger partial charge on any atom is -0.389 e. The average Bonchev–Trinajstić information content (AvgIpc) is 0.760. The van der Waals surface area contributed by atoms with E-state index in [9.17, 15) is 65.9 Å². The molecule has 0 saturated carbocycles. The summed E-state index contributed by atoms with van der Waals surface area (Å²) >= 11 is 0. The van der Waals surface area contributed by atoms with Crippen molar-refractivity contribution in [3.63, 3.8) is 0 Å². The lowest BCUT2D eigenvalue weighted by atomic mass is 9.95. The highest BCUT2D eigenvalue weighted by Crippen LogP contribution is 2.38. The molecule has 0 spiro atoms. The van der Waals surface area contributed by atoms with Crippen LogP contribution >= 0.6 is 0 Å². The fourth-order valence-corrected chi connectivity index (χ4v) is 19.5. The first kappa shape index (κ1) is 96.1. The quantitative estimate of drug-likeness (QED) is 0.0396. The summed E-state index contributed by atoms with van der Waals surface area (Å²) in [5.41, 5.74) is 11.9. The largest absolute Gasteiger partial charge is 0.433 e. The van der Waals surface area contributed by atoms with Crippen LogP contribution in [0.3, 0.4) is 0 Å². The minimum atomic E-state index is -4.50. The number of nitrogens with zero attached hydrogens (tertiary/aromatic N) is 16. The summed E-state index contributed by atoms with van der Waals surface area (Å²) in [7, 11) is 0. The molecule has 11 aromatic heterocycles. The van der Waals surface area contributed by atoms with Crippen molar-refractivity contribution in [3.05, 3.63) is 378 Å². The van der Waals surface area contributed by atoms with Gasteiger partial charge in [-0.05, 0) is 203 Å². The van der Waals surface area contributed by atoms with E-state index in [0.29, 0.717) is 150 Å². The first-order valence-electron chi connectivity index (χ1n) is 47.1. The standard InChI is InChI=1S/C29H23F3N4O3.C29H25FN4O3.C27H23N5O3.C25H23F2N3O3/c30-29(31,32)26-8-6-18(14-34-26)23-7-5-17(13-33-23)11-19-12-22-27(21-4-2-1-3-20(19)21)35-16-36(28(22)38)24-9-10-39-15-25(24)37;1-17-6-7-22(28(30)33-17)24-13-18(8-10-31-24)12-19-14-23-27(21-5-3-2-4-20(19)21)32-16-34(29(23)36)25-9-11-37-15-26(25)35;33-25-14-35-8-7-24(25)32-16-31-26-21-4-2-1-3-20(21)18(10-22(26)27(32)34)9-17-5-6-23(30-11-17)19-12-28-15-29-13-19;1-25(26,27)22-7-6-15(12-28-22)10-16-11-19-23(18-5-3-2-4-17(16)18)29-14-30(24(19)32)20-8-9-33-13-21(20)31/h1-8,12-14,16,24-25,37H,9-11,15H2;2-8,10,13-14,16,25-26,35H,9,11-12,15H2,1H3;1-6,10-13,15-16,24-25,33H,7-9,14H2;2-7,11-12,14,20-21,31H,8-10,13H2,1H3/t24-,25-;25-,26-;24-,25-;20-,21-/m0000/s1. The van der Waals surface area contributed by atoms with E-state index in [1.165, 1.54) is 57.3 Å². The van der Waals surface area contributed by atoms with E-state index in [0.717, 1.165) is 118 Å². The lowest BCUT2D eigenvalue weighted by Crippen LogP contribution is -2.39. The number of rotatable bonds is 16. The van der Waals surface area contributed by atoms with E-state index in [1.54, 1.807) is 66.9 Å². The molecule has 144 heavy (non-hydrogen) atoms. The molecule has 19 aromatic rings. The first-order valence-corrected chi connectivity index (χ1v) is 47.1. The smallest absolute Gasteiger partial charge is 0.389 e. The van der Waals surface area contributed by atoms with Crippen molar-refractivity contribution in [2.24, 2.45) is 0 Å². The van der Waals surface area contributed by atoms with Gasteiger partial charge in [-0.2, -0.15) is 26.3 Å². The van der Waals surface area contributed by atoms with Crippen LogP contribution in [-0.2, 0) is 56.7 Å². The van der Waals surface area contributed by atoms with Gasteiger partial charge in [0.05, 0.1) is 167 Å². The SMILES string of the molecule is CC(F)(F)c1ccc(Cc2cc3c(=O)n([C@H]4CCOC[C@@H]4O)cnc3c3ccccc23)cn1.Cc1ccc(-c2cc(Cc3cc4c(=O)n([C@H]5CCOC[C@@H]5O)cnc4c4ccccc34)ccn2)c(F)n1.O=c1c2cc(Cc3ccc(-c4ccc(C(F)(F)F)nc4)nc3)c3ccccc3c2ncn1[C@H]1CCOC[C@@H]1O.O=c1c2cc(Cc3ccc(-c4cncnc4)nc3)c3ccccc3c2ncn1[C@H]1CCOC[C@@H]1O. The zero-order chi connectivity index (χ0) is 99.6. The maximum Gasteiger partial charge on any atom is 0.433 e. The summed E-state index contributed by atoms with van der Waals surface area (Å²) in [5, 5.41) is 51.0. The maximum atomic E-state index is 14.5. The fourth-order valence-electron chi connectivity index (χ4n) is 19.5. The molecule has 15 heterocycles. The number of pyridine rings is 6. The number of benzene rings is 8. The van der Waals surface area contributed by atoms with Gasteiger partial charge in [0.25, 0.3) is 28.2 Å². The number of ether oxygens (including phenoxy) is 4. The Kier molecular flexibility index (Phi) is 27.5. The zero-order valence-corrected chi connectivity index (χ0v) is 77.8. The molecule has 728 valence electrons. The van der Waals surface area contributed by atoms with E-state index in [4.69, 9.17) is 18.9 Å². The van der Waals surface area contributed by atoms with Crippen molar-refractivity contribution in [1.82, 2.24) is 78.1 Å². The molecule has 4 fully saturated rings. The average molecular weight is 1950 g/mol. The molecular formula is C110H94F6N16O12. The van der Waals surface area contributed by atoms with Crippen LogP contribution in [0.25, 0.3) is 120 Å². The predicted molar refractivity (Wildman–Crippen MR) is 531 cm³/mol. The normalized spacial score (nSPS) is 18.3. The number of aryl methyl sites for hydroxylation is 1. The number of aliphatic hydroxyl groups excluding tert-OH is 4. The van der Waals surface area contributed by atoms with Crippen LogP contribution in [0.1, 0.15) is 118 Å². The number of aromatic nitrogens is 16. The molecule has 28 nitrogen and oxygen atoms in total. The first-order chi connectivity index (χ1) is 69.8. The van der Waals surface area contributed by atoms with Gasteiger partial charge in [0.15, 0.2) is 0 Å². The third-order valence-electron chi connectivity index (χ3n) is 26.9. The molecule has 4 aliphatic rings. The van der Waals surface area contributed by atoms with Crippen LogP contribution < -0.4 is 22.2 Å². The highest BCUT2D eigenvalue weighted by Gasteiger charge is 2.35. The Hall–Kier alpha value is -15.4. The molecule has 8 atom stereocenters. The van der Waals surface area contributed by atoms with Crippen LogP contribution in [0.15, 0.2) is 288 Å². The van der Waals surface area contributed by atoms with E-state index in [2.05, 4.69) is 65.9 Å². The molecule has 0 bridgehead atoms. The summed E-state index contributed by atoms with van der Waals surface area (Å²) in [5.74, 6) is -3.55. The van der Waals surface area contributed by atoms with Crippen LogP contribution in [0, 0.1) is 12.9 Å².